The molecule has 1 saturated heterocycles. The van der Waals surface area contributed by atoms with Gasteiger partial charge in [-0.25, -0.2) is 4.79 Å². The van der Waals surface area contributed by atoms with Crippen LogP contribution in [-0.4, -0.2) is 64.3 Å². The number of carboxylic acid groups (broad SMARTS) is 1. The molecule has 1 unspecified atom stereocenters. The highest BCUT2D eigenvalue weighted by Gasteiger charge is 2.42. The number of carbonyl (C=O) groups is 2. The minimum Gasteiger partial charge on any atom is -0.481 e. The minimum atomic E-state index is -0.958. The topological polar surface area (TPSA) is 81.1 Å². The summed E-state index contributed by atoms with van der Waals surface area (Å²) in [6.07, 6.45) is 0.463. The molecule has 0 aromatic rings. The number of hydrogen-bond acceptors (Lipinski definition) is 3. The van der Waals surface area contributed by atoms with Crippen molar-refractivity contribution in [1.29, 1.82) is 0 Å². The standard InChI is InChI=1S/C12H22N2O4/c1-11(2,18)7-13(4)10(17)14-6-5-12(3,8-14)9(15)16/h18H,5-8H2,1-4H3,(H,15,16). The molecular formula is C12H22N2O4. The van der Waals surface area contributed by atoms with Gasteiger partial charge in [0.15, 0.2) is 0 Å². The molecule has 1 fully saturated rings. The Labute approximate surface area is 107 Å². The van der Waals surface area contributed by atoms with Gasteiger partial charge in [0.25, 0.3) is 0 Å². The molecule has 0 aromatic heterocycles. The maximum absolute atomic E-state index is 12.1. The van der Waals surface area contributed by atoms with E-state index in [9.17, 15) is 14.7 Å². The minimum absolute atomic E-state index is 0.214. The third-order valence-electron chi connectivity index (χ3n) is 3.21. The van der Waals surface area contributed by atoms with E-state index in [0.29, 0.717) is 13.0 Å². The average molecular weight is 258 g/mol. The number of nitrogens with zero attached hydrogens (tertiary/aromatic N) is 2. The molecule has 2 amide bonds. The molecule has 1 aliphatic heterocycles. The Morgan fingerprint density at radius 2 is 2.00 bits per heavy atom. The second kappa shape index (κ2) is 4.76. The third-order valence-corrected chi connectivity index (χ3v) is 3.21. The van der Waals surface area contributed by atoms with Crippen molar-refractivity contribution in [2.45, 2.75) is 32.8 Å². The molecule has 0 spiro atoms. The molecule has 1 rings (SSSR count). The van der Waals surface area contributed by atoms with Crippen molar-refractivity contribution in [2.75, 3.05) is 26.7 Å². The summed E-state index contributed by atoms with van der Waals surface area (Å²) >= 11 is 0. The van der Waals surface area contributed by atoms with Crippen molar-refractivity contribution in [2.24, 2.45) is 5.41 Å². The number of aliphatic carboxylic acids is 1. The summed E-state index contributed by atoms with van der Waals surface area (Å²) in [5.41, 5.74) is -1.81. The van der Waals surface area contributed by atoms with E-state index in [1.807, 2.05) is 0 Å². The molecule has 1 aliphatic rings. The molecule has 1 atom stereocenters. The van der Waals surface area contributed by atoms with Gasteiger partial charge >= 0.3 is 12.0 Å². The zero-order chi connectivity index (χ0) is 14.1. The van der Waals surface area contributed by atoms with Crippen molar-refractivity contribution in [3.63, 3.8) is 0 Å². The maximum atomic E-state index is 12.1. The summed E-state index contributed by atoms with van der Waals surface area (Å²) < 4.78 is 0. The molecule has 1 heterocycles. The monoisotopic (exact) mass is 258 g/mol. The fourth-order valence-electron chi connectivity index (χ4n) is 2.19. The highest BCUT2D eigenvalue weighted by molar-refractivity contribution is 5.79. The van der Waals surface area contributed by atoms with Crippen molar-refractivity contribution in [3.8, 4) is 0 Å². The fraction of sp³-hybridized carbons (Fsp3) is 0.833. The summed E-state index contributed by atoms with van der Waals surface area (Å²) in [4.78, 5) is 26.1. The van der Waals surface area contributed by atoms with Crippen molar-refractivity contribution in [3.05, 3.63) is 0 Å². The molecule has 0 aliphatic carbocycles. The molecule has 2 N–H and O–H groups in total. The van der Waals surface area contributed by atoms with Gasteiger partial charge in [0, 0.05) is 20.1 Å². The zero-order valence-corrected chi connectivity index (χ0v) is 11.4. The highest BCUT2D eigenvalue weighted by Crippen LogP contribution is 2.30. The first-order valence-electron chi connectivity index (χ1n) is 6.01. The van der Waals surface area contributed by atoms with Crippen LogP contribution in [0.4, 0.5) is 4.79 Å². The van der Waals surface area contributed by atoms with E-state index in [1.165, 1.54) is 9.80 Å². The first-order chi connectivity index (χ1) is 8.05. The van der Waals surface area contributed by atoms with Crippen molar-refractivity contribution >= 4 is 12.0 Å². The Kier molecular flexibility index (Phi) is 3.90. The van der Waals surface area contributed by atoms with Gasteiger partial charge in [0.2, 0.25) is 0 Å². The van der Waals surface area contributed by atoms with Gasteiger partial charge in [0.05, 0.1) is 17.6 Å². The molecule has 18 heavy (non-hydrogen) atoms. The Bertz CT molecular complexity index is 350. The number of likely N-dealkylation sites (N-methyl/N-ethyl adjacent to an activating group) is 1. The number of carbonyl (C=O) groups excluding carboxylic acids is 1. The van der Waals surface area contributed by atoms with Gasteiger partial charge < -0.3 is 20.0 Å². The molecule has 0 bridgehead atoms. The van der Waals surface area contributed by atoms with Crippen LogP contribution >= 0.6 is 0 Å². The first-order valence-corrected chi connectivity index (χ1v) is 6.01. The van der Waals surface area contributed by atoms with Gasteiger partial charge in [-0.1, -0.05) is 0 Å². The van der Waals surface area contributed by atoms with E-state index in [2.05, 4.69) is 0 Å². The van der Waals surface area contributed by atoms with E-state index in [-0.39, 0.29) is 19.1 Å². The van der Waals surface area contributed by atoms with Crippen LogP contribution in [0.15, 0.2) is 0 Å². The SMILES string of the molecule is CN(CC(C)(C)O)C(=O)N1CCC(C)(C(=O)O)C1. The number of carboxylic acids is 1. The van der Waals surface area contributed by atoms with Crippen LogP contribution in [0.25, 0.3) is 0 Å². The van der Waals surface area contributed by atoms with Crippen molar-refractivity contribution < 1.29 is 19.8 Å². The number of rotatable bonds is 3. The Hall–Kier alpha value is -1.30. The smallest absolute Gasteiger partial charge is 0.319 e. The lowest BCUT2D eigenvalue weighted by Crippen LogP contribution is -2.46. The lowest BCUT2D eigenvalue weighted by atomic mass is 9.90. The fourth-order valence-corrected chi connectivity index (χ4v) is 2.19. The Balaban J connectivity index is 2.63. The van der Waals surface area contributed by atoms with Crippen molar-refractivity contribution in [1.82, 2.24) is 9.80 Å². The number of aliphatic hydroxyl groups is 1. The normalized spacial score (nSPS) is 24.2. The van der Waals surface area contributed by atoms with Crippen LogP contribution in [0.3, 0.4) is 0 Å². The summed E-state index contributed by atoms with van der Waals surface area (Å²) in [6.45, 7) is 5.78. The van der Waals surface area contributed by atoms with E-state index >= 15 is 0 Å². The molecule has 0 radical (unpaired) electrons. The Morgan fingerprint density at radius 1 is 1.44 bits per heavy atom. The largest absolute Gasteiger partial charge is 0.481 e. The predicted molar refractivity (Wildman–Crippen MR) is 66.3 cm³/mol. The van der Waals surface area contributed by atoms with Gasteiger partial charge in [0.1, 0.15) is 0 Å². The van der Waals surface area contributed by atoms with Gasteiger partial charge in [-0.15, -0.1) is 0 Å². The van der Waals surface area contributed by atoms with Gasteiger partial charge in [-0.3, -0.25) is 4.79 Å². The molecule has 0 saturated carbocycles. The average Bonchev–Trinajstić information content (AvgIpc) is 2.58. The van der Waals surface area contributed by atoms with E-state index in [1.54, 1.807) is 27.8 Å². The Morgan fingerprint density at radius 3 is 2.39 bits per heavy atom. The van der Waals surface area contributed by atoms with Crippen LogP contribution in [0, 0.1) is 5.41 Å². The molecule has 0 aromatic carbocycles. The lowest BCUT2D eigenvalue weighted by Gasteiger charge is -2.30. The van der Waals surface area contributed by atoms with Crippen LogP contribution in [-0.2, 0) is 4.79 Å². The van der Waals surface area contributed by atoms with E-state index < -0.39 is 17.0 Å². The summed E-state index contributed by atoms with van der Waals surface area (Å²) in [5, 5.41) is 18.8. The third kappa shape index (κ3) is 3.35. The summed E-state index contributed by atoms with van der Waals surface area (Å²) in [7, 11) is 1.61. The van der Waals surface area contributed by atoms with E-state index in [0.717, 1.165) is 0 Å². The number of amides is 2. The zero-order valence-electron chi connectivity index (χ0n) is 11.4. The number of urea groups is 1. The van der Waals surface area contributed by atoms with Crippen LogP contribution in [0.2, 0.25) is 0 Å². The predicted octanol–water partition coefficient (Wildman–Crippen LogP) is 0.606. The molecule has 6 heteroatoms. The van der Waals surface area contributed by atoms with Crippen LogP contribution in [0.1, 0.15) is 27.2 Å². The quantitative estimate of drug-likeness (QED) is 0.777. The van der Waals surface area contributed by atoms with Crippen LogP contribution in [0.5, 0.6) is 0 Å². The number of likely N-dealkylation sites (tertiary alicyclic amines) is 1. The summed E-state index contributed by atoms with van der Waals surface area (Å²) in [5.74, 6) is -0.872. The molecular weight excluding hydrogens is 236 g/mol. The van der Waals surface area contributed by atoms with Crippen LogP contribution < -0.4 is 0 Å². The molecule has 104 valence electrons. The highest BCUT2D eigenvalue weighted by atomic mass is 16.4. The van der Waals surface area contributed by atoms with Gasteiger partial charge in [-0.05, 0) is 27.2 Å². The summed E-state index contributed by atoms with van der Waals surface area (Å²) in [6, 6.07) is -0.234. The first kappa shape index (κ1) is 14.8. The number of hydrogen-bond donors (Lipinski definition) is 2. The maximum Gasteiger partial charge on any atom is 0.319 e. The van der Waals surface area contributed by atoms with Gasteiger partial charge in [-0.2, -0.15) is 0 Å². The molecule has 6 nitrogen and oxygen atoms in total. The second-order valence-electron chi connectivity index (χ2n) is 5.99. The van der Waals surface area contributed by atoms with E-state index in [4.69, 9.17) is 5.11 Å². The lowest BCUT2D eigenvalue weighted by molar-refractivity contribution is -0.147. The second-order valence-corrected chi connectivity index (χ2v) is 5.99.